The Morgan fingerprint density at radius 1 is 0.944 bits per heavy atom. The number of hydrogen-bond acceptors (Lipinski definition) is 5. The highest BCUT2D eigenvalue weighted by Crippen LogP contribution is 2.34. The van der Waals surface area contributed by atoms with Crippen LogP contribution in [0.4, 0.5) is 5.69 Å². The average molecular weight is 479 g/mol. The molecule has 2 aromatic heterocycles. The lowest BCUT2D eigenvalue weighted by molar-refractivity contribution is -0.116. The van der Waals surface area contributed by atoms with Crippen molar-refractivity contribution >= 4 is 22.6 Å². The first-order chi connectivity index (χ1) is 17.6. The molecule has 1 aliphatic rings. The first kappa shape index (κ1) is 21.7. The lowest BCUT2D eigenvalue weighted by Crippen LogP contribution is -2.29. The SMILES string of the molecule is Cc1cc(=O)n(CC(=O)Nc2ccc3c(c2)OCO3)c2c1c(-c1ccccc1)nn2-c1ccccc1. The van der Waals surface area contributed by atoms with Crippen LogP contribution in [0.15, 0.2) is 89.7 Å². The quantitative estimate of drug-likeness (QED) is 0.401. The second-order valence-corrected chi connectivity index (χ2v) is 8.53. The fourth-order valence-electron chi connectivity index (χ4n) is 4.48. The highest BCUT2D eigenvalue weighted by Gasteiger charge is 2.22. The third-order valence-electron chi connectivity index (χ3n) is 6.12. The summed E-state index contributed by atoms with van der Waals surface area (Å²) in [5.41, 5.74) is 4.10. The summed E-state index contributed by atoms with van der Waals surface area (Å²) in [5.74, 6) is 0.852. The van der Waals surface area contributed by atoms with Crippen molar-refractivity contribution in [3.8, 4) is 28.4 Å². The fourth-order valence-corrected chi connectivity index (χ4v) is 4.48. The summed E-state index contributed by atoms with van der Waals surface area (Å²) in [5, 5.41) is 8.60. The minimum Gasteiger partial charge on any atom is -0.454 e. The molecule has 8 heteroatoms. The zero-order chi connectivity index (χ0) is 24.6. The Kier molecular flexibility index (Phi) is 5.26. The highest BCUT2D eigenvalue weighted by atomic mass is 16.7. The molecule has 0 aliphatic carbocycles. The smallest absolute Gasteiger partial charge is 0.252 e. The van der Waals surface area contributed by atoms with Crippen molar-refractivity contribution < 1.29 is 14.3 Å². The van der Waals surface area contributed by atoms with Crippen LogP contribution >= 0.6 is 0 Å². The minimum absolute atomic E-state index is 0.150. The Hall–Kier alpha value is -4.85. The van der Waals surface area contributed by atoms with E-state index in [4.69, 9.17) is 14.6 Å². The number of carbonyl (C=O) groups excluding carboxylic acids is 1. The van der Waals surface area contributed by atoms with Gasteiger partial charge in [-0.2, -0.15) is 5.10 Å². The van der Waals surface area contributed by atoms with Crippen LogP contribution in [0.3, 0.4) is 0 Å². The number of amides is 1. The van der Waals surface area contributed by atoms with Crippen LogP contribution in [0.5, 0.6) is 11.5 Å². The number of pyridine rings is 1. The van der Waals surface area contributed by atoms with Crippen LogP contribution in [0, 0.1) is 6.92 Å². The van der Waals surface area contributed by atoms with E-state index in [0.717, 1.165) is 27.9 Å². The number of fused-ring (bicyclic) bond motifs is 2. The summed E-state index contributed by atoms with van der Waals surface area (Å²) in [6.45, 7) is 1.86. The van der Waals surface area contributed by atoms with E-state index in [1.54, 1.807) is 28.9 Å². The molecule has 6 rings (SSSR count). The molecule has 0 radical (unpaired) electrons. The van der Waals surface area contributed by atoms with Gasteiger partial charge in [-0.1, -0.05) is 48.5 Å². The molecule has 1 aliphatic heterocycles. The predicted molar refractivity (Wildman–Crippen MR) is 137 cm³/mol. The van der Waals surface area contributed by atoms with E-state index >= 15 is 0 Å². The number of aryl methyl sites for hydroxylation is 1. The highest BCUT2D eigenvalue weighted by molar-refractivity contribution is 5.96. The van der Waals surface area contributed by atoms with E-state index in [-0.39, 0.29) is 24.8 Å². The van der Waals surface area contributed by atoms with E-state index in [0.29, 0.717) is 22.8 Å². The second kappa shape index (κ2) is 8.74. The Bertz CT molecular complexity index is 1660. The number of anilines is 1. The van der Waals surface area contributed by atoms with Gasteiger partial charge in [-0.25, -0.2) is 4.68 Å². The molecule has 36 heavy (non-hydrogen) atoms. The summed E-state index contributed by atoms with van der Waals surface area (Å²) in [6.07, 6.45) is 0. The Labute approximate surface area is 206 Å². The zero-order valence-corrected chi connectivity index (χ0v) is 19.5. The standard InChI is InChI=1S/C28H22N4O4/c1-18-14-25(34)31(16-24(33)29-20-12-13-22-23(15-20)36-17-35-22)28-26(18)27(19-8-4-2-5-9-19)30-32(28)21-10-6-3-7-11-21/h2-15H,16-17H2,1H3,(H,29,33). The van der Waals surface area contributed by atoms with Gasteiger partial charge in [-0.15, -0.1) is 0 Å². The average Bonchev–Trinajstić information content (AvgIpc) is 3.53. The van der Waals surface area contributed by atoms with Gasteiger partial charge in [0.05, 0.1) is 5.69 Å². The van der Waals surface area contributed by atoms with Gasteiger partial charge in [-0.3, -0.25) is 14.2 Å². The lowest BCUT2D eigenvalue weighted by atomic mass is 10.1. The molecule has 8 nitrogen and oxygen atoms in total. The van der Waals surface area contributed by atoms with Crippen LogP contribution < -0.4 is 20.3 Å². The number of nitrogens with one attached hydrogen (secondary N) is 1. The van der Waals surface area contributed by atoms with Gasteiger partial charge in [0.1, 0.15) is 17.9 Å². The molecule has 1 N–H and O–H groups in total. The van der Waals surface area contributed by atoms with E-state index < -0.39 is 0 Å². The number of benzene rings is 3. The Morgan fingerprint density at radius 2 is 1.67 bits per heavy atom. The molecular weight excluding hydrogens is 456 g/mol. The first-order valence-corrected chi connectivity index (χ1v) is 11.5. The summed E-state index contributed by atoms with van der Waals surface area (Å²) in [7, 11) is 0. The largest absolute Gasteiger partial charge is 0.454 e. The van der Waals surface area contributed by atoms with Crippen LogP contribution in [0.1, 0.15) is 5.56 Å². The first-order valence-electron chi connectivity index (χ1n) is 11.5. The van der Waals surface area contributed by atoms with Gasteiger partial charge >= 0.3 is 0 Å². The summed E-state index contributed by atoms with van der Waals surface area (Å²) in [6, 6.07) is 26.1. The van der Waals surface area contributed by atoms with Crippen LogP contribution in [-0.2, 0) is 11.3 Å². The number of carbonyl (C=O) groups is 1. The Morgan fingerprint density at radius 3 is 2.44 bits per heavy atom. The van der Waals surface area contributed by atoms with Crippen molar-refractivity contribution in [1.29, 1.82) is 0 Å². The number of hydrogen-bond donors (Lipinski definition) is 1. The third kappa shape index (κ3) is 3.78. The number of aromatic nitrogens is 3. The monoisotopic (exact) mass is 478 g/mol. The Balaban J connectivity index is 1.47. The summed E-state index contributed by atoms with van der Waals surface area (Å²) in [4.78, 5) is 26.3. The van der Waals surface area contributed by atoms with Crippen molar-refractivity contribution in [2.45, 2.75) is 13.5 Å². The fraction of sp³-hybridized carbons (Fsp3) is 0.107. The van der Waals surface area contributed by atoms with Crippen LogP contribution in [0.25, 0.3) is 28.0 Å². The molecule has 3 heterocycles. The predicted octanol–water partition coefficient (Wildman–Crippen LogP) is 4.53. The van der Waals surface area contributed by atoms with Gasteiger partial charge in [0.25, 0.3) is 5.56 Å². The molecule has 1 amide bonds. The summed E-state index contributed by atoms with van der Waals surface area (Å²) >= 11 is 0. The maximum Gasteiger partial charge on any atom is 0.252 e. The number of rotatable bonds is 5. The maximum absolute atomic E-state index is 13.2. The lowest BCUT2D eigenvalue weighted by Gasteiger charge is -2.13. The number of ether oxygens (including phenoxy) is 2. The molecule has 0 spiro atoms. The van der Waals surface area contributed by atoms with Gasteiger partial charge < -0.3 is 14.8 Å². The molecule has 0 saturated heterocycles. The van der Waals surface area contributed by atoms with E-state index in [9.17, 15) is 9.59 Å². The van der Waals surface area contributed by atoms with Gasteiger partial charge in [0.15, 0.2) is 11.5 Å². The topological polar surface area (TPSA) is 87.4 Å². The van der Waals surface area contributed by atoms with E-state index in [1.807, 2.05) is 67.6 Å². The van der Waals surface area contributed by atoms with Crippen molar-refractivity contribution in [2.75, 3.05) is 12.1 Å². The normalized spacial score (nSPS) is 12.1. The number of nitrogens with zero attached hydrogens (tertiary/aromatic N) is 3. The van der Waals surface area contributed by atoms with Gasteiger partial charge in [0.2, 0.25) is 12.7 Å². The van der Waals surface area contributed by atoms with E-state index in [1.165, 1.54) is 4.57 Å². The molecule has 5 aromatic rings. The second-order valence-electron chi connectivity index (χ2n) is 8.53. The molecule has 178 valence electrons. The van der Waals surface area contributed by atoms with Gasteiger partial charge in [0, 0.05) is 28.8 Å². The van der Waals surface area contributed by atoms with Crippen molar-refractivity contribution in [1.82, 2.24) is 14.3 Å². The summed E-state index contributed by atoms with van der Waals surface area (Å²) < 4.78 is 13.9. The minimum atomic E-state index is -0.344. The molecule has 0 saturated carbocycles. The maximum atomic E-state index is 13.2. The van der Waals surface area contributed by atoms with Crippen molar-refractivity contribution in [3.05, 3.63) is 101 Å². The zero-order valence-electron chi connectivity index (χ0n) is 19.5. The molecule has 0 bridgehead atoms. The number of para-hydroxylation sites is 1. The molecular formula is C28H22N4O4. The molecule has 0 fully saturated rings. The van der Waals surface area contributed by atoms with E-state index in [2.05, 4.69) is 5.32 Å². The van der Waals surface area contributed by atoms with Gasteiger partial charge in [-0.05, 0) is 36.8 Å². The van der Waals surface area contributed by atoms with Crippen LogP contribution in [-0.4, -0.2) is 27.0 Å². The van der Waals surface area contributed by atoms with Crippen molar-refractivity contribution in [3.63, 3.8) is 0 Å². The molecule has 0 unspecified atom stereocenters. The van der Waals surface area contributed by atoms with Crippen LogP contribution in [0.2, 0.25) is 0 Å². The van der Waals surface area contributed by atoms with Crippen molar-refractivity contribution in [2.24, 2.45) is 0 Å². The molecule has 0 atom stereocenters. The molecule has 3 aromatic carbocycles. The third-order valence-corrected chi connectivity index (χ3v) is 6.12.